The number of halogens is 1. The average Bonchev–Trinajstić information content (AvgIpc) is 2.54. The van der Waals surface area contributed by atoms with Crippen molar-refractivity contribution in [3.05, 3.63) is 48.3 Å². The fourth-order valence-electron chi connectivity index (χ4n) is 3.68. The molecule has 2 aliphatic rings. The predicted octanol–water partition coefficient (Wildman–Crippen LogP) is 4.77. The van der Waals surface area contributed by atoms with E-state index in [1.165, 1.54) is 30.0 Å². The second-order valence-electron chi connectivity index (χ2n) is 6.56. The van der Waals surface area contributed by atoms with E-state index in [2.05, 4.69) is 41.1 Å². The maximum Gasteiger partial charge on any atom is 0.124 e. The maximum absolute atomic E-state index is 13.7. The van der Waals surface area contributed by atoms with Gasteiger partial charge >= 0.3 is 0 Å². The van der Waals surface area contributed by atoms with Gasteiger partial charge in [-0.05, 0) is 62.7 Å². The minimum absolute atomic E-state index is 0.159. The van der Waals surface area contributed by atoms with Gasteiger partial charge in [-0.2, -0.15) is 0 Å². The number of hydrogen-bond donors (Lipinski definition) is 0. The number of rotatable bonds is 2. The molecule has 2 heterocycles. The summed E-state index contributed by atoms with van der Waals surface area (Å²) in [5.74, 6) is 0.496. The number of hydrogen-bond acceptors (Lipinski definition) is 3. The molecule has 2 nitrogen and oxygen atoms in total. The van der Waals surface area contributed by atoms with E-state index >= 15 is 0 Å². The highest BCUT2D eigenvalue weighted by molar-refractivity contribution is 7.99. The Labute approximate surface area is 141 Å². The van der Waals surface area contributed by atoms with Crippen LogP contribution in [0.4, 0.5) is 15.8 Å². The van der Waals surface area contributed by atoms with E-state index in [9.17, 15) is 4.39 Å². The highest BCUT2D eigenvalue weighted by atomic mass is 32.2. The van der Waals surface area contributed by atoms with Gasteiger partial charge in [-0.25, -0.2) is 4.39 Å². The SMILES string of the molecule is CN1CCCC(CN2c3ccccc3Sc3cc(F)ccc32)C1. The number of likely N-dealkylation sites (tertiary alicyclic amines) is 1. The van der Waals surface area contributed by atoms with Gasteiger partial charge < -0.3 is 9.80 Å². The van der Waals surface area contributed by atoms with Crippen molar-refractivity contribution in [1.29, 1.82) is 0 Å². The molecule has 2 aromatic rings. The molecule has 4 heteroatoms. The molecule has 0 aromatic heterocycles. The van der Waals surface area contributed by atoms with Gasteiger partial charge in [0.2, 0.25) is 0 Å². The Morgan fingerprint density at radius 3 is 2.83 bits per heavy atom. The highest BCUT2D eigenvalue weighted by Gasteiger charge is 2.27. The molecule has 1 fully saturated rings. The molecule has 23 heavy (non-hydrogen) atoms. The van der Waals surface area contributed by atoms with Crippen LogP contribution in [0.1, 0.15) is 12.8 Å². The zero-order chi connectivity index (χ0) is 15.8. The molecule has 1 unspecified atom stereocenters. The number of piperidine rings is 1. The Hall–Kier alpha value is -1.52. The van der Waals surface area contributed by atoms with Crippen molar-refractivity contribution >= 4 is 23.1 Å². The first-order chi connectivity index (χ1) is 11.2. The van der Waals surface area contributed by atoms with Crippen molar-refractivity contribution in [2.45, 2.75) is 22.6 Å². The molecule has 4 rings (SSSR count). The molecule has 1 atom stereocenters. The maximum atomic E-state index is 13.7. The van der Waals surface area contributed by atoms with Gasteiger partial charge in [0.05, 0.1) is 11.4 Å². The second kappa shape index (κ2) is 6.17. The Morgan fingerprint density at radius 2 is 1.96 bits per heavy atom. The van der Waals surface area contributed by atoms with E-state index in [0.717, 1.165) is 23.7 Å². The lowest BCUT2D eigenvalue weighted by molar-refractivity contribution is 0.214. The lowest BCUT2D eigenvalue weighted by atomic mass is 9.97. The highest BCUT2D eigenvalue weighted by Crippen LogP contribution is 2.48. The first kappa shape index (κ1) is 15.0. The molecule has 0 amide bonds. The monoisotopic (exact) mass is 328 g/mol. The summed E-state index contributed by atoms with van der Waals surface area (Å²) in [4.78, 5) is 7.05. The molecular formula is C19H21FN2S. The third-order valence-corrected chi connectivity index (χ3v) is 5.86. The molecule has 0 radical (unpaired) electrons. The number of anilines is 2. The van der Waals surface area contributed by atoms with E-state index in [-0.39, 0.29) is 5.82 Å². The van der Waals surface area contributed by atoms with Crippen LogP contribution in [0.15, 0.2) is 52.3 Å². The number of benzene rings is 2. The standard InChI is InChI=1S/C19H21FN2S/c1-21-10-4-5-14(12-21)13-22-16-6-2-3-7-18(16)23-19-11-15(20)8-9-17(19)22/h2-3,6-9,11,14H,4-5,10,12-13H2,1H3. The summed E-state index contributed by atoms with van der Waals surface area (Å²) < 4.78 is 13.7. The Balaban J connectivity index is 1.70. The van der Waals surface area contributed by atoms with Gasteiger partial charge in [0, 0.05) is 22.9 Å². The van der Waals surface area contributed by atoms with Crippen LogP contribution in [-0.2, 0) is 0 Å². The van der Waals surface area contributed by atoms with Crippen molar-refractivity contribution in [3.63, 3.8) is 0 Å². The second-order valence-corrected chi connectivity index (χ2v) is 7.65. The quantitative estimate of drug-likeness (QED) is 0.784. The van der Waals surface area contributed by atoms with Gasteiger partial charge in [-0.15, -0.1) is 0 Å². The molecule has 0 bridgehead atoms. The summed E-state index contributed by atoms with van der Waals surface area (Å²) in [6.07, 6.45) is 2.54. The molecule has 2 aliphatic heterocycles. The largest absolute Gasteiger partial charge is 0.339 e. The van der Waals surface area contributed by atoms with Crippen molar-refractivity contribution in [2.24, 2.45) is 5.92 Å². The normalized spacial score (nSPS) is 21.0. The third-order valence-electron chi connectivity index (χ3n) is 4.75. The lowest BCUT2D eigenvalue weighted by Gasteiger charge is -2.38. The summed E-state index contributed by atoms with van der Waals surface area (Å²) >= 11 is 1.67. The number of para-hydroxylation sites is 1. The van der Waals surface area contributed by atoms with Crippen molar-refractivity contribution in [1.82, 2.24) is 4.90 Å². The molecule has 0 spiro atoms. The topological polar surface area (TPSA) is 6.48 Å². The van der Waals surface area contributed by atoms with E-state index in [1.54, 1.807) is 23.9 Å². The van der Waals surface area contributed by atoms with E-state index in [0.29, 0.717) is 5.92 Å². The molecule has 0 aliphatic carbocycles. The van der Waals surface area contributed by atoms with Crippen LogP contribution in [0.2, 0.25) is 0 Å². The van der Waals surface area contributed by atoms with Crippen LogP contribution in [0.25, 0.3) is 0 Å². The van der Waals surface area contributed by atoms with E-state index < -0.39 is 0 Å². The van der Waals surface area contributed by atoms with Crippen LogP contribution in [-0.4, -0.2) is 31.6 Å². The van der Waals surface area contributed by atoms with Crippen LogP contribution < -0.4 is 4.90 Å². The molecule has 0 N–H and O–H groups in total. The fraction of sp³-hybridized carbons (Fsp3) is 0.368. The first-order valence-electron chi connectivity index (χ1n) is 8.23. The first-order valence-corrected chi connectivity index (χ1v) is 9.05. The van der Waals surface area contributed by atoms with Gasteiger partial charge in [0.25, 0.3) is 0 Å². The van der Waals surface area contributed by atoms with Gasteiger partial charge in [0.15, 0.2) is 0 Å². The Morgan fingerprint density at radius 1 is 1.13 bits per heavy atom. The van der Waals surface area contributed by atoms with E-state index in [1.807, 2.05) is 6.07 Å². The Kier molecular flexibility index (Phi) is 4.04. The zero-order valence-corrected chi connectivity index (χ0v) is 14.2. The van der Waals surface area contributed by atoms with Crippen LogP contribution in [0.5, 0.6) is 0 Å². The molecule has 1 saturated heterocycles. The summed E-state index contributed by atoms with van der Waals surface area (Å²) in [6, 6.07) is 13.6. The van der Waals surface area contributed by atoms with Gasteiger partial charge in [-0.1, -0.05) is 23.9 Å². The summed E-state index contributed by atoms with van der Waals surface area (Å²) in [5.41, 5.74) is 2.40. The predicted molar refractivity (Wildman–Crippen MR) is 94.2 cm³/mol. The van der Waals surface area contributed by atoms with Crippen molar-refractivity contribution in [3.8, 4) is 0 Å². The fourth-order valence-corrected chi connectivity index (χ4v) is 4.81. The minimum atomic E-state index is -0.159. The smallest absolute Gasteiger partial charge is 0.124 e. The molecular weight excluding hydrogens is 307 g/mol. The van der Waals surface area contributed by atoms with Crippen LogP contribution in [0, 0.1) is 11.7 Å². The van der Waals surface area contributed by atoms with Gasteiger partial charge in [-0.3, -0.25) is 0 Å². The zero-order valence-electron chi connectivity index (χ0n) is 13.3. The third kappa shape index (κ3) is 2.98. The van der Waals surface area contributed by atoms with Crippen molar-refractivity contribution in [2.75, 3.05) is 31.6 Å². The van der Waals surface area contributed by atoms with Crippen LogP contribution >= 0.6 is 11.8 Å². The lowest BCUT2D eigenvalue weighted by Crippen LogP contribution is -2.38. The summed E-state index contributed by atoms with van der Waals surface area (Å²) in [7, 11) is 2.20. The number of nitrogens with zero attached hydrogens (tertiary/aromatic N) is 2. The molecule has 120 valence electrons. The summed E-state index contributed by atoms with van der Waals surface area (Å²) in [6.45, 7) is 3.34. The Bertz CT molecular complexity index is 718. The summed E-state index contributed by atoms with van der Waals surface area (Å²) in [5, 5.41) is 0. The van der Waals surface area contributed by atoms with Crippen molar-refractivity contribution < 1.29 is 4.39 Å². The minimum Gasteiger partial charge on any atom is -0.339 e. The molecule has 0 saturated carbocycles. The van der Waals surface area contributed by atoms with Crippen LogP contribution in [0.3, 0.4) is 0 Å². The van der Waals surface area contributed by atoms with E-state index in [4.69, 9.17) is 0 Å². The van der Waals surface area contributed by atoms with Gasteiger partial charge in [0.1, 0.15) is 5.82 Å². The average molecular weight is 328 g/mol. The number of fused-ring (bicyclic) bond motifs is 2. The molecule has 2 aromatic carbocycles.